The van der Waals surface area contributed by atoms with Crippen LogP contribution in [0.25, 0.3) is 10.9 Å². The van der Waals surface area contributed by atoms with Crippen LogP contribution in [0.5, 0.6) is 0 Å². The van der Waals surface area contributed by atoms with Crippen LogP contribution in [0.4, 0.5) is 0 Å². The van der Waals surface area contributed by atoms with Gasteiger partial charge in [-0.15, -0.1) is 11.8 Å². The highest BCUT2D eigenvalue weighted by Gasteiger charge is 2.36. The fraction of sp³-hybridized carbons (Fsp3) is 0.500. The summed E-state index contributed by atoms with van der Waals surface area (Å²) in [6.45, 7) is 2.30. The number of aromatic amines is 1. The first-order chi connectivity index (χ1) is 11.2. The van der Waals surface area contributed by atoms with Gasteiger partial charge in [0.15, 0.2) is 0 Å². The molecule has 0 aliphatic heterocycles. The van der Waals surface area contributed by atoms with Gasteiger partial charge in [0.05, 0.1) is 6.61 Å². The van der Waals surface area contributed by atoms with Crippen LogP contribution in [0.15, 0.2) is 34.0 Å². The number of pyridine rings is 1. The Bertz CT molecular complexity index is 737. The summed E-state index contributed by atoms with van der Waals surface area (Å²) in [5.74, 6) is 0. The zero-order valence-corrected chi connectivity index (χ0v) is 14.6. The van der Waals surface area contributed by atoms with Gasteiger partial charge in [-0.2, -0.15) is 0 Å². The molecule has 0 unspecified atom stereocenters. The average Bonchev–Trinajstić information content (AvgIpc) is 2.52. The molecular formula is C18H24N2O2S. The second-order valence-corrected chi connectivity index (χ2v) is 7.35. The molecule has 3 rings (SSSR count). The van der Waals surface area contributed by atoms with E-state index in [9.17, 15) is 4.79 Å². The van der Waals surface area contributed by atoms with Gasteiger partial charge < -0.3 is 15.0 Å². The van der Waals surface area contributed by atoms with Crippen LogP contribution in [-0.2, 0) is 11.3 Å². The molecule has 1 fully saturated rings. The number of benzene rings is 1. The number of methoxy groups -OCH3 is 1. The summed E-state index contributed by atoms with van der Waals surface area (Å²) >= 11 is 1.68. The third-order valence-electron chi connectivity index (χ3n) is 4.81. The van der Waals surface area contributed by atoms with Crippen molar-refractivity contribution in [2.45, 2.75) is 30.7 Å². The lowest BCUT2D eigenvalue weighted by atomic mass is 9.69. The van der Waals surface area contributed by atoms with Gasteiger partial charge in [-0.1, -0.05) is 12.5 Å². The summed E-state index contributed by atoms with van der Waals surface area (Å²) in [6, 6.07) is 8.18. The highest BCUT2D eigenvalue weighted by molar-refractivity contribution is 7.98. The van der Waals surface area contributed by atoms with Crippen LogP contribution in [0.2, 0.25) is 0 Å². The Morgan fingerprint density at radius 3 is 2.83 bits per heavy atom. The van der Waals surface area contributed by atoms with Crippen molar-refractivity contribution in [1.29, 1.82) is 0 Å². The van der Waals surface area contributed by atoms with Gasteiger partial charge in [0, 0.05) is 41.6 Å². The molecule has 1 aromatic heterocycles. The van der Waals surface area contributed by atoms with Gasteiger partial charge in [-0.25, -0.2) is 0 Å². The maximum atomic E-state index is 12.3. The van der Waals surface area contributed by atoms with Crippen LogP contribution in [0.3, 0.4) is 0 Å². The Labute approximate surface area is 141 Å². The molecular weight excluding hydrogens is 308 g/mol. The van der Waals surface area contributed by atoms with Crippen LogP contribution in [0, 0.1) is 5.41 Å². The monoisotopic (exact) mass is 332 g/mol. The number of fused-ring (bicyclic) bond motifs is 1. The number of aromatic nitrogens is 1. The van der Waals surface area contributed by atoms with Crippen molar-refractivity contribution in [1.82, 2.24) is 10.3 Å². The maximum Gasteiger partial charge on any atom is 0.252 e. The van der Waals surface area contributed by atoms with E-state index in [-0.39, 0.29) is 11.0 Å². The van der Waals surface area contributed by atoms with Crippen LogP contribution < -0.4 is 10.9 Å². The van der Waals surface area contributed by atoms with E-state index in [1.807, 2.05) is 18.4 Å². The van der Waals surface area contributed by atoms with E-state index in [4.69, 9.17) is 4.74 Å². The number of rotatable bonds is 7. The van der Waals surface area contributed by atoms with Crippen molar-refractivity contribution >= 4 is 22.7 Å². The van der Waals surface area contributed by atoms with Crippen molar-refractivity contribution < 1.29 is 4.74 Å². The van der Waals surface area contributed by atoms with Crippen LogP contribution in [-0.4, -0.2) is 31.5 Å². The number of hydrogen-bond donors (Lipinski definition) is 2. The van der Waals surface area contributed by atoms with Crippen molar-refractivity contribution in [3.8, 4) is 0 Å². The van der Waals surface area contributed by atoms with Crippen molar-refractivity contribution in [2.24, 2.45) is 5.41 Å². The van der Waals surface area contributed by atoms with Crippen molar-refractivity contribution in [3.05, 3.63) is 40.2 Å². The molecule has 1 aromatic carbocycles. The fourth-order valence-corrected chi connectivity index (χ4v) is 3.74. The minimum absolute atomic E-state index is 0.00217. The first kappa shape index (κ1) is 16.6. The maximum absolute atomic E-state index is 12.3. The molecule has 0 radical (unpaired) electrons. The molecule has 1 heterocycles. The minimum atomic E-state index is -0.00217. The largest absolute Gasteiger partial charge is 0.384 e. The average molecular weight is 332 g/mol. The van der Waals surface area contributed by atoms with E-state index in [2.05, 4.69) is 22.4 Å². The number of thioether (sulfide) groups is 1. The molecule has 0 bridgehead atoms. The minimum Gasteiger partial charge on any atom is -0.384 e. The molecule has 0 spiro atoms. The molecule has 1 aliphatic carbocycles. The van der Waals surface area contributed by atoms with E-state index in [0.29, 0.717) is 6.54 Å². The van der Waals surface area contributed by atoms with Gasteiger partial charge in [-0.05, 0) is 42.7 Å². The SMILES string of the molecule is COCC1(CNCc2cc3ccc(SC)cc3[nH]c2=O)CCC1. The Morgan fingerprint density at radius 2 is 2.17 bits per heavy atom. The number of ether oxygens (including phenoxy) is 1. The standard InChI is InChI=1S/C18H24N2O2S/c1-22-12-18(6-3-7-18)11-19-10-14-8-13-4-5-15(23-2)9-16(13)20-17(14)21/h4-5,8-9,19H,3,6-7,10-12H2,1-2H3,(H,20,21). The highest BCUT2D eigenvalue weighted by atomic mass is 32.2. The van der Waals surface area contributed by atoms with E-state index in [1.165, 1.54) is 19.3 Å². The third-order valence-corrected chi connectivity index (χ3v) is 5.54. The Balaban J connectivity index is 1.70. The summed E-state index contributed by atoms with van der Waals surface area (Å²) in [7, 11) is 1.76. The molecule has 1 saturated carbocycles. The highest BCUT2D eigenvalue weighted by Crippen LogP contribution is 2.40. The first-order valence-corrected chi connectivity index (χ1v) is 9.28. The normalized spacial score (nSPS) is 16.4. The molecule has 2 aromatic rings. The van der Waals surface area contributed by atoms with Gasteiger partial charge in [-0.3, -0.25) is 4.79 Å². The lowest BCUT2D eigenvalue weighted by Crippen LogP contribution is -2.43. The Morgan fingerprint density at radius 1 is 1.35 bits per heavy atom. The predicted molar refractivity (Wildman–Crippen MR) is 96.2 cm³/mol. The van der Waals surface area contributed by atoms with Crippen LogP contribution in [0.1, 0.15) is 24.8 Å². The molecule has 0 amide bonds. The first-order valence-electron chi connectivity index (χ1n) is 8.05. The van der Waals surface area contributed by atoms with E-state index in [1.54, 1.807) is 18.9 Å². The predicted octanol–water partition coefficient (Wildman–Crippen LogP) is 3.16. The van der Waals surface area contributed by atoms with Gasteiger partial charge >= 0.3 is 0 Å². The summed E-state index contributed by atoms with van der Waals surface area (Å²) in [5.41, 5.74) is 1.96. The number of nitrogens with one attached hydrogen (secondary N) is 2. The van der Waals surface area contributed by atoms with Gasteiger partial charge in [0.2, 0.25) is 0 Å². The topological polar surface area (TPSA) is 54.1 Å². The molecule has 23 heavy (non-hydrogen) atoms. The molecule has 2 N–H and O–H groups in total. The number of H-pyrrole nitrogens is 1. The third kappa shape index (κ3) is 3.62. The summed E-state index contributed by atoms with van der Waals surface area (Å²) < 4.78 is 5.35. The van der Waals surface area contributed by atoms with Crippen molar-refractivity contribution in [2.75, 3.05) is 26.5 Å². The van der Waals surface area contributed by atoms with E-state index < -0.39 is 0 Å². The Kier molecular flexibility index (Phi) is 5.09. The van der Waals surface area contributed by atoms with Gasteiger partial charge in [0.25, 0.3) is 5.56 Å². The second-order valence-electron chi connectivity index (χ2n) is 6.47. The molecule has 124 valence electrons. The second kappa shape index (κ2) is 7.07. The molecule has 4 nitrogen and oxygen atoms in total. The summed E-state index contributed by atoms with van der Waals surface area (Å²) in [5, 5.41) is 4.53. The quantitative estimate of drug-likeness (QED) is 0.765. The zero-order chi connectivity index (χ0) is 16.3. The van der Waals surface area contributed by atoms with E-state index in [0.717, 1.165) is 34.5 Å². The molecule has 0 saturated heterocycles. The smallest absolute Gasteiger partial charge is 0.252 e. The molecule has 5 heteroatoms. The van der Waals surface area contributed by atoms with Gasteiger partial charge in [0.1, 0.15) is 0 Å². The number of hydrogen-bond acceptors (Lipinski definition) is 4. The summed E-state index contributed by atoms with van der Waals surface area (Å²) in [4.78, 5) is 16.4. The van der Waals surface area contributed by atoms with Crippen molar-refractivity contribution in [3.63, 3.8) is 0 Å². The zero-order valence-electron chi connectivity index (χ0n) is 13.8. The Hall–Kier alpha value is -1.30. The summed E-state index contributed by atoms with van der Waals surface area (Å²) in [6.07, 6.45) is 5.73. The van der Waals surface area contributed by atoms with Crippen LogP contribution >= 0.6 is 11.8 Å². The molecule has 0 atom stereocenters. The fourth-order valence-electron chi connectivity index (χ4n) is 3.30. The molecule has 1 aliphatic rings. The lowest BCUT2D eigenvalue weighted by molar-refractivity contribution is 0.0177. The van der Waals surface area contributed by atoms with E-state index >= 15 is 0 Å². The lowest BCUT2D eigenvalue weighted by Gasteiger charge is -2.41.